The van der Waals surface area contributed by atoms with Crippen LogP contribution in [0.5, 0.6) is 0 Å². The van der Waals surface area contributed by atoms with Crippen LogP contribution in [0.3, 0.4) is 0 Å². The van der Waals surface area contributed by atoms with E-state index in [0.29, 0.717) is 42.2 Å². The van der Waals surface area contributed by atoms with Gasteiger partial charge >= 0.3 is 0 Å². The van der Waals surface area contributed by atoms with Crippen LogP contribution in [-0.2, 0) is 11.2 Å². The van der Waals surface area contributed by atoms with E-state index in [2.05, 4.69) is 25.5 Å². The minimum atomic E-state index is -0.626. The third-order valence-corrected chi connectivity index (χ3v) is 5.66. The molecule has 2 aromatic rings. The van der Waals surface area contributed by atoms with E-state index in [0.717, 1.165) is 24.8 Å². The summed E-state index contributed by atoms with van der Waals surface area (Å²) in [6, 6.07) is 2.56. The number of rotatable bonds is 6. The van der Waals surface area contributed by atoms with Crippen LogP contribution in [0.15, 0.2) is 18.3 Å². The minimum Gasteiger partial charge on any atom is -0.383 e. The molecule has 1 atom stereocenters. The molecule has 0 unspecified atom stereocenters. The summed E-state index contributed by atoms with van der Waals surface area (Å²) in [7, 11) is 0. The van der Waals surface area contributed by atoms with E-state index in [-0.39, 0.29) is 11.6 Å². The Kier molecular flexibility index (Phi) is 7.15. The van der Waals surface area contributed by atoms with E-state index in [4.69, 9.17) is 17.3 Å². The number of hydrogen-bond donors (Lipinski definition) is 2. The van der Waals surface area contributed by atoms with Gasteiger partial charge in [-0.05, 0) is 57.6 Å². The molecule has 1 fully saturated rings. The average Bonchev–Trinajstić information content (AvgIpc) is 2.73. The zero-order valence-corrected chi connectivity index (χ0v) is 17.9. The average molecular weight is 432 g/mol. The van der Waals surface area contributed by atoms with Gasteiger partial charge in [0.25, 0.3) is 5.91 Å². The van der Waals surface area contributed by atoms with Gasteiger partial charge in [0.15, 0.2) is 5.69 Å². The highest BCUT2D eigenvalue weighted by Gasteiger charge is 2.27. The third kappa shape index (κ3) is 5.41. The number of halogens is 1. The highest BCUT2D eigenvalue weighted by molar-refractivity contribution is 6.30. The van der Waals surface area contributed by atoms with Gasteiger partial charge in [-0.15, -0.1) is 5.10 Å². The van der Waals surface area contributed by atoms with Gasteiger partial charge in [0.1, 0.15) is 22.8 Å². The minimum absolute atomic E-state index is 0.0927. The van der Waals surface area contributed by atoms with E-state index >= 15 is 0 Å². The first-order valence-corrected chi connectivity index (χ1v) is 10.4. The van der Waals surface area contributed by atoms with Crippen molar-refractivity contribution in [2.24, 2.45) is 5.92 Å². The first kappa shape index (κ1) is 21.9. The van der Waals surface area contributed by atoms with Gasteiger partial charge in [-0.2, -0.15) is 5.10 Å². The van der Waals surface area contributed by atoms with Gasteiger partial charge in [0.2, 0.25) is 5.91 Å². The lowest BCUT2D eigenvalue weighted by Crippen LogP contribution is -2.49. The lowest BCUT2D eigenvalue weighted by atomic mass is 9.90. The van der Waals surface area contributed by atoms with Crippen LogP contribution < -0.4 is 11.1 Å². The molecule has 2 aromatic heterocycles. The Hall–Kier alpha value is -2.81. The summed E-state index contributed by atoms with van der Waals surface area (Å²) in [5.41, 5.74) is 6.96. The largest absolute Gasteiger partial charge is 0.383 e. The van der Waals surface area contributed by atoms with Crippen molar-refractivity contribution in [3.8, 4) is 0 Å². The summed E-state index contributed by atoms with van der Waals surface area (Å²) in [4.78, 5) is 35.0. The van der Waals surface area contributed by atoms with Crippen LogP contribution in [0.25, 0.3) is 0 Å². The van der Waals surface area contributed by atoms with Crippen LogP contribution in [0, 0.1) is 12.8 Å². The number of carbonyl (C=O) groups excluding carboxylic acids is 2. The zero-order chi connectivity index (χ0) is 21.7. The number of aromatic nitrogens is 4. The lowest BCUT2D eigenvalue weighted by Gasteiger charge is -2.33. The highest BCUT2D eigenvalue weighted by Crippen LogP contribution is 2.26. The number of nitrogens with one attached hydrogen (secondary N) is 1. The van der Waals surface area contributed by atoms with Crippen molar-refractivity contribution in [2.75, 3.05) is 18.8 Å². The SMILES string of the molecule is Cc1nc(N)c(CCC2CCN(C(=O)[C@H](C)NC(=O)c3cccnn3)CC2)c(Cl)n1. The molecule has 3 heterocycles. The Morgan fingerprint density at radius 1 is 1.33 bits per heavy atom. The number of carbonyl (C=O) groups is 2. The van der Waals surface area contributed by atoms with Gasteiger partial charge in [0, 0.05) is 24.8 Å². The summed E-state index contributed by atoms with van der Waals surface area (Å²) in [6.07, 6.45) is 4.90. The second kappa shape index (κ2) is 9.80. The number of likely N-dealkylation sites (tertiary alicyclic amines) is 1. The molecule has 1 saturated heterocycles. The molecule has 10 heteroatoms. The molecule has 9 nitrogen and oxygen atoms in total. The molecular weight excluding hydrogens is 406 g/mol. The molecule has 3 rings (SSSR count). The number of amides is 2. The van der Waals surface area contributed by atoms with Crippen LogP contribution in [0.1, 0.15) is 48.1 Å². The number of hydrogen-bond acceptors (Lipinski definition) is 7. The Morgan fingerprint density at radius 3 is 2.70 bits per heavy atom. The molecule has 0 spiro atoms. The highest BCUT2D eigenvalue weighted by atomic mass is 35.5. The van der Waals surface area contributed by atoms with Crippen molar-refractivity contribution in [1.82, 2.24) is 30.4 Å². The standard InChI is InChI=1S/C20H26ClN7O2/c1-12(24-19(29)16-4-3-9-23-27-16)20(30)28-10-7-14(8-11-28)5-6-15-17(21)25-13(2)26-18(15)22/h3-4,9,12,14H,5-8,10-11H2,1-2H3,(H,24,29)(H2,22,25,26)/t12-/m0/s1. The maximum absolute atomic E-state index is 12.7. The van der Waals surface area contributed by atoms with Crippen molar-refractivity contribution in [3.05, 3.63) is 40.6 Å². The van der Waals surface area contributed by atoms with Crippen LogP contribution >= 0.6 is 11.6 Å². The molecular formula is C20H26ClN7O2. The molecule has 1 aliphatic rings. The van der Waals surface area contributed by atoms with E-state index in [1.165, 1.54) is 6.20 Å². The Bertz CT molecular complexity index is 878. The topological polar surface area (TPSA) is 127 Å². The first-order valence-electron chi connectivity index (χ1n) is 10.0. The van der Waals surface area contributed by atoms with Crippen molar-refractivity contribution in [2.45, 2.75) is 45.6 Å². The molecule has 160 valence electrons. The monoisotopic (exact) mass is 431 g/mol. The second-order valence-electron chi connectivity index (χ2n) is 7.54. The molecule has 30 heavy (non-hydrogen) atoms. The number of piperidine rings is 1. The number of aryl methyl sites for hydroxylation is 1. The van der Waals surface area contributed by atoms with Crippen molar-refractivity contribution in [1.29, 1.82) is 0 Å². The van der Waals surface area contributed by atoms with Crippen LogP contribution in [0.4, 0.5) is 5.82 Å². The molecule has 0 aromatic carbocycles. The number of nitrogens with zero attached hydrogens (tertiary/aromatic N) is 5. The Balaban J connectivity index is 1.47. The number of nitrogen functional groups attached to an aromatic ring is 1. The van der Waals surface area contributed by atoms with Crippen molar-refractivity contribution in [3.63, 3.8) is 0 Å². The number of nitrogens with two attached hydrogens (primary N) is 1. The Morgan fingerprint density at radius 2 is 2.07 bits per heavy atom. The maximum atomic E-state index is 12.7. The molecule has 0 radical (unpaired) electrons. The Labute approximate surface area is 180 Å². The van der Waals surface area contributed by atoms with Crippen molar-refractivity contribution < 1.29 is 9.59 Å². The quantitative estimate of drug-likeness (QED) is 0.667. The summed E-state index contributed by atoms with van der Waals surface area (Å²) in [5.74, 6) is 0.968. The molecule has 0 saturated carbocycles. The summed E-state index contributed by atoms with van der Waals surface area (Å²) < 4.78 is 0. The van der Waals surface area contributed by atoms with Gasteiger partial charge in [-0.1, -0.05) is 11.6 Å². The fourth-order valence-electron chi connectivity index (χ4n) is 3.63. The summed E-state index contributed by atoms with van der Waals surface area (Å²) >= 11 is 6.21. The van der Waals surface area contributed by atoms with Crippen molar-refractivity contribution >= 4 is 29.2 Å². The molecule has 0 bridgehead atoms. The summed E-state index contributed by atoms with van der Waals surface area (Å²) in [6.45, 7) is 4.76. The van der Waals surface area contributed by atoms with Crippen LogP contribution in [0.2, 0.25) is 5.15 Å². The molecule has 2 amide bonds. The lowest BCUT2D eigenvalue weighted by molar-refractivity contribution is -0.134. The van der Waals surface area contributed by atoms with Gasteiger partial charge in [0.05, 0.1) is 0 Å². The second-order valence-corrected chi connectivity index (χ2v) is 7.89. The third-order valence-electron chi connectivity index (χ3n) is 5.35. The maximum Gasteiger partial charge on any atom is 0.272 e. The van der Waals surface area contributed by atoms with Gasteiger partial charge in [-0.25, -0.2) is 9.97 Å². The predicted octanol–water partition coefficient (Wildman–Crippen LogP) is 1.80. The summed E-state index contributed by atoms with van der Waals surface area (Å²) in [5, 5.41) is 10.6. The normalized spacial score (nSPS) is 15.6. The zero-order valence-electron chi connectivity index (χ0n) is 17.1. The van der Waals surface area contributed by atoms with E-state index in [1.807, 2.05) is 0 Å². The molecule has 1 aliphatic heterocycles. The first-order chi connectivity index (χ1) is 14.3. The van der Waals surface area contributed by atoms with E-state index in [9.17, 15) is 9.59 Å². The van der Waals surface area contributed by atoms with Gasteiger partial charge in [-0.3, -0.25) is 9.59 Å². The fourth-order valence-corrected chi connectivity index (χ4v) is 3.95. The molecule has 0 aliphatic carbocycles. The predicted molar refractivity (Wildman–Crippen MR) is 113 cm³/mol. The van der Waals surface area contributed by atoms with Crippen LogP contribution in [-0.4, -0.2) is 56.0 Å². The van der Waals surface area contributed by atoms with E-state index < -0.39 is 11.9 Å². The number of anilines is 1. The van der Waals surface area contributed by atoms with Gasteiger partial charge < -0.3 is 16.0 Å². The smallest absolute Gasteiger partial charge is 0.272 e. The van der Waals surface area contributed by atoms with E-state index in [1.54, 1.807) is 30.9 Å². The fraction of sp³-hybridized carbons (Fsp3) is 0.500. The molecule has 3 N–H and O–H groups in total.